The topological polar surface area (TPSA) is 32.3 Å². The van der Waals surface area contributed by atoms with Crippen LogP contribution in [-0.4, -0.2) is 48.0 Å². The summed E-state index contributed by atoms with van der Waals surface area (Å²) in [5.74, 6) is 0.268. The van der Waals surface area contributed by atoms with Crippen LogP contribution in [0.15, 0.2) is 0 Å². The maximum absolute atomic E-state index is 11.9. The molecule has 3 nitrogen and oxygen atoms in total. The van der Waals surface area contributed by atoms with Gasteiger partial charge in [0.05, 0.1) is 6.54 Å². The van der Waals surface area contributed by atoms with Crippen molar-refractivity contribution in [2.75, 3.05) is 32.4 Å². The number of amides is 1. The molecule has 0 spiro atoms. The molecule has 0 bridgehead atoms. The van der Waals surface area contributed by atoms with Crippen LogP contribution in [0.1, 0.15) is 39.5 Å². The highest BCUT2D eigenvalue weighted by Crippen LogP contribution is 2.29. The number of carbonyl (C=O) groups excluding carboxylic acids is 1. The summed E-state index contributed by atoms with van der Waals surface area (Å²) in [6.07, 6.45) is 6.80. The summed E-state index contributed by atoms with van der Waals surface area (Å²) in [4.78, 5) is 13.8. The van der Waals surface area contributed by atoms with Gasteiger partial charge in [0.1, 0.15) is 0 Å². The molecule has 1 rings (SSSR count). The van der Waals surface area contributed by atoms with Crippen LogP contribution in [0.2, 0.25) is 0 Å². The number of hydrogen-bond acceptors (Lipinski definition) is 3. The first-order valence-electron chi connectivity index (χ1n) is 6.71. The third-order valence-corrected chi connectivity index (χ3v) is 5.49. The third kappa shape index (κ3) is 4.18. The Labute approximate surface area is 110 Å². The van der Waals surface area contributed by atoms with Gasteiger partial charge in [-0.3, -0.25) is 4.79 Å². The van der Waals surface area contributed by atoms with Crippen LogP contribution in [0.25, 0.3) is 0 Å². The number of carbonyl (C=O) groups is 1. The highest BCUT2D eigenvalue weighted by atomic mass is 32.2. The van der Waals surface area contributed by atoms with Crippen molar-refractivity contribution < 1.29 is 4.79 Å². The Morgan fingerprint density at radius 2 is 1.88 bits per heavy atom. The molecule has 1 aliphatic rings. The van der Waals surface area contributed by atoms with Crippen LogP contribution in [0, 0.1) is 0 Å². The normalized spacial score (nSPS) is 16.5. The van der Waals surface area contributed by atoms with Gasteiger partial charge in [0.25, 0.3) is 0 Å². The number of likely N-dealkylation sites (tertiary alicyclic amines) is 1. The number of hydrogen-bond donors (Lipinski definition) is 1. The highest BCUT2D eigenvalue weighted by Gasteiger charge is 2.25. The van der Waals surface area contributed by atoms with E-state index in [-0.39, 0.29) is 5.91 Å². The first kappa shape index (κ1) is 14.8. The third-order valence-electron chi connectivity index (χ3n) is 3.90. The molecular weight excluding hydrogens is 232 g/mol. The Morgan fingerprint density at radius 1 is 1.29 bits per heavy atom. The van der Waals surface area contributed by atoms with Gasteiger partial charge in [-0.1, -0.05) is 13.8 Å². The van der Waals surface area contributed by atoms with Gasteiger partial charge in [0, 0.05) is 24.4 Å². The first-order valence-corrected chi connectivity index (χ1v) is 7.93. The van der Waals surface area contributed by atoms with Crippen molar-refractivity contribution >= 4 is 17.7 Å². The van der Waals surface area contributed by atoms with Crippen molar-refractivity contribution in [3.63, 3.8) is 0 Å². The van der Waals surface area contributed by atoms with E-state index in [0.29, 0.717) is 11.3 Å². The molecule has 0 atom stereocenters. The minimum atomic E-state index is 0.268. The second kappa shape index (κ2) is 7.27. The average Bonchev–Trinajstić information content (AvgIpc) is 2.89. The summed E-state index contributed by atoms with van der Waals surface area (Å²) in [6.45, 7) is 7.79. The van der Waals surface area contributed by atoms with E-state index < -0.39 is 0 Å². The summed E-state index contributed by atoms with van der Waals surface area (Å²) in [5, 5.41) is 3.34. The maximum atomic E-state index is 11.9. The lowest BCUT2D eigenvalue weighted by molar-refractivity contribution is -0.129. The van der Waals surface area contributed by atoms with Gasteiger partial charge in [0.15, 0.2) is 0 Å². The predicted octanol–water partition coefficient (Wildman–Crippen LogP) is 2.12. The second-order valence-electron chi connectivity index (χ2n) is 4.79. The molecule has 1 saturated heterocycles. The van der Waals surface area contributed by atoms with Gasteiger partial charge in [0.2, 0.25) is 5.91 Å². The Hall–Kier alpha value is -0.220. The smallest absolute Gasteiger partial charge is 0.236 e. The van der Waals surface area contributed by atoms with E-state index >= 15 is 0 Å². The molecule has 0 aromatic heterocycles. The first-order chi connectivity index (χ1) is 8.17. The fraction of sp³-hybridized carbons (Fsp3) is 0.923. The average molecular weight is 258 g/mol. The zero-order valence-electron chi connectivity index (χ0n) is 11.4. The van der Waals surface area contributed by atoms with Crippen LogP contribution < -0.4 is 5.32 Å². The van der Waals surface area contributed by atoms with E-state index in [1.807, 2.05) is 16.7 Å². The number of thioether (sulfide) groups is 1. The van der Waals surface area contributed by atoms with E-state index in [1.54, 1.807) is 0 Å². The minimum Gasteiger partial charge on any atom is -0.342 e. The summed E-state index contributed by atoms with van der Waals surface area (Å²) in [6, 6.07) is 0. The molecule has 17 heavy (non-hydrogen) atoms. The Morgan fingerprint density at radius 3 is 2.35 bits per heavy atom. The summed E-state index contributed by atoms with van der Waals surface area (Å²) in [7, 11) is 0. The van der Waals surface area contributed by atoms with Gasteiger partial charge in [-0.25, -0.2) is 0 Å². The van der Waals surface area contributed by atoms with Crippen molar-refractivity contribution in [2.45, 2.75) is 44.3 Å². The lowest BCUT2D eigenvalue weighted by atomic mass is 10.0. The Kier molecular flexibility index (Phi) is 6.34. The van der Waals surface area contributed by atoms with Gasteiger partial charge in [-0.15, -0.1) is 0 Å². The quantitative estimate of drug-likeness (QED) is 0.759. The van der Waals surface area contributed by atoms with Crippen LogP contribution in [0.5, 0.6) is 0 Å². The minimum absolute atomic E-state index is 0.268. The molecule has 0 aromatic rings. The highest BCUT2D eigenvalue weighted by molar-refractivity contribution is 8.00. The van der Waals surface area contributed by atoms with Crippen LogP contribution in [0.3, 0.4) is 0 Å². The van der Waals surface area contributed by atoms with E-state index in [9.17, 15) is 4.79 Å². The molecule has 1 heterocycles. The molecule has 1 N–H and O–H groups in total. The molecule has 0 saturated carbocycles. The molecule has 0 aliphatic carbocycles. The van der Waals surface area contributed by atoms with Crippen LogP contribution in [0.4, 0.5) is 0 Å². The number of nitrogens with zero attached hydrogens (tertiary/aromatic N) is 1. The van der Waals surface area contributed by atoms with E-state index in [1.165, 1.54) is 12.8 Å². The van der Waals surface area contributed by atoms with E-state index in [4.69, 9.17) is 0 Å². The van der Waals surface area contributed by atoms with Crippen LogP contribution in [-0.2, 0) is 4.79 Å². The van der Waals surface area contributed by atoms with Gasteiger partial charge >= 0.3 is 0 Å². The molecular formula is C13H26N2OS. The molecule has 0 unspecified atom stereocenters. The molecule has 0 aromatic carbocycles. The van der Waals surface area contributed by atoms with Gasteiger partial charge in [-0.05, 0) is 31.9 Å². The molecule has 1 aliphatic heterocycles. The Bertz CT molecular complexity index is 227. The number of rotatable bonds is 7. The molecule has 4 heteroatoms. The lowest BCUT2D eigenvalue weighted by Crippen LogP contribution is -2.42. The lowest BCUT2D eigenvalue weighted by Gasteiger charge is -2.30. The number of nitrogens with one attached hydrogen (secondary N) is 1. The van der Waals surface area contributed by atoms with E-state index in [2.05, 4.69) is 25.4 Å². The van der Waals surface area contributed by atoms with Crippen LogP contribution >= 0.6 is 11.8 Å². The molecule has 100 valence electrons. The van der Waals surface area contributed by atoms with E-state index in [0.717, 1.165) is 32.5 Å². The molecule has 1 amide bonds. The van der Waals surface area contributed by atoms with Gasteiger partial charge in [-0.2, -0.15) is 11.8 Å². The van der Waals surface area contributed by atoms with Crippen molar-refractivity contribution in [1.82, 2.24) is 10.2 Å². The summed E-state index contributed by atoms with van der Waals surface area (Å²) in [5.41, 5.74) is 0. The zero-order valence-corrected chi connectivity index (χ0v) is 12.2. The van der Waals surface area contributed by atoms with Crippen molar-refractivity contribution in [3.8, 4) is 0 Å². The molecule has 1 fully saturated rings. The maximum Gasteiger partial charge on any atom is 0.236 e. The molecule has 0 radical (unpaired) electrons. The van der Waals surface area contributed by atoms with Crippen molar-refractivity contribution in [3.05, 3.63) is 0 Å². The SMILES string of the molecule is CCC(CC)(CNCC(=O)N1CCCC1)SC. The zero-order chi connectivity index (χ0) is 12.7. The second-order valence-corrected chi connectivity index (χ2v) is 6.06. The van der Waals surface area contributed by atoms with Crippen molar-refractivity contribution in [1.29, 1.82) is 0 Å². The fourth-order valence-electron chi connectivity index (χ4n) is 2.34. The standard InChI is InChI=1S/C13H26N2OS/c1-4-13(5-2,17-3)11-14-10-12(16)15-8-6-7-9-15/h14H,4-11H2,1-3H3. The van der Waals surface area contributed by atoms with Crippen molar-refractivity contribution in [2.24, 2.45) is 0 Å². The summed E-state index contributed by atoms with van der Waals surface area (Å²) < 4.78 is 0.297. The largest absolute Gasteiger partial charge is 0.342 e. The Balaban J connectivity index is 2.28. The predicted molar refractivity (Wildman–Crippen MR) is 75.5 cm³/mol. The summed E-state index contributed by atoms with van der Waals surface area (Å²) >= 11 is 1.91. The fourth-order valence-corrected chi connectivity index (χ4v) is 3.16. The monoisotopic (exact) mass is 258 g/mol. The van der Waals surface area contributed by atoms with Gasteiger partial charge < -0.3 is 10.2 Å².